The van der Waals surface area contributed by atoms with Crippen LogP contribution in [0.1, 0.15) is 12.8 Å². The maximum Gasteiger partial charge on any atom is 0.134 e. The minimum absolute atomic E-state index is 0.502. The van der Waals surface area contributed by atoms with E-state index in [1.54, 1.807) is 0 Å². The molecular weight excluding hydrogens is 224 g/mol. The van der Waals surface area contributed by atoms with Gasteiger partial charge in [-0.1, -0.05) is 11.6 Å². The Morgan fingerprint density at radius 2 is 2.19 bits per heavy atom. The summed E-state index contributed by atoms with van der Waals surface area (Å²) in [6.45, 7) is 3.29. The minimum Gasteiger partial charge on any atom is -0.359 e. The van der Waals surface area contributed by atoms with E-state index in [1.807, 2.05) is 6.07 Å². The van der Waals surface area contributed by atoms with E-state index >= 15 is 0 Å². The Kier molecular flexibility index (Phi) is 3.96. The zero-order valence-corrected chi connectivity index (χ0v) is 10.2. The molecule has 0 unspecified atom stereocenters. The van der Waals surface area contributed by atoms with Gasteiger partial charge in [0.05, 0.1) is 0 Å². The van der Waals surface area contributed by atoms with Crippen LogP contribution in [0.15, 0.2) is 12.4 Å². The van der Waals surface area contributed by atoms with Crippen LogP contribution < -0.4 is 10.2 Å². The van der Waals surface area contributed by atoms with E-state index in [2.05, 4.69) is 27.2 Å². The number of hydrogen-bond acceptors (Lipinski definition) is 4. The molecule has 0 atom stereocenters. The van der Waals surface area contributed by atoms with Gasteiger partial charge in [0.25, 0.3) is 0 Å². The molecule has 1 aliphatic heterocycles. The predicted octanol–water partition coefficient (Wildman–Crippen LogP) is 1.57. The van der Waals surface area contributed by atoms with Crippen LogP contribution in [0, 0.1) is 5.92 Å². The van der Waals surface area contributed by atoms with Crippen molar-refractivity contribution in [3.8, 4) is 0 Å². The van der Waals surface area contributed by atoms with Crippen LogP contribution in [0.25, 0.3) is 0 Å². The van der Waals surface area contributed by atoms with Crippen LogP contribution in [0.4, 0.5) is 5.82 Å². The van der Waals surface area contributed by atoms with E-state index in [0.717, 1.165) is 31.4 Å². The van der Waals surface area contributed by atoms with Gasteiger partial charge in [0.2, 0.25) is 0 Å². The molecule has 1 saturated heterocycles. The van der Waals surface area contributed by atoms with Gasteiger partial charge in [0.15, 0.2) is 0 Å². The topological polar surface area (TPSA) is 41.0 Å². The summed E-state index contributed by atoms with van der Waals surface area (Å²) < 4.78 is 0. The van der Waals surface area contributed by atoms with E-state index in [9.17, 15) is 0 Å². The molecule has 2 rings (SSSR count). The lowest BCUT2D eigenvalue weighted by molar-refractivity contribution is 0.377. The van der Waals surface area contributed by atoms with Gasteiger partial charge in [-0.3, -0.25) is 0 Å². The quantitative estimate of drug-likeness (QED) is 0.815. The van der Waals surface area contributed by atoms with Crippen LogP contribution in [0.2, 0.25) is 5.15 Å². The monoisotopic (exact) mass is 240 g/mol. The second-order valence-corrected chi connectivity index (χ2v) is 4.66. The molecule has 0 saturated carbocycles. The van der Waals surface area contributed by atoms with Crippen molar-refractivity contribution in [2.24, 2.45) is 5.92 Å². The lowest BCUT2D eigenvalue weighted by Gasteiger charge is -2.28. The summed E-state index contributed by atoms with van der Waals surface area (Å²) >= 11 is 5.84. The van der Waals surface area contributed by atoms with Gasteiger partial charge >= 0.3 is 0 Å². The zero-order chi connectivity index (χ0) is 11.4. The maximum absolute atomic E-state index is 5.84. The number of aromatic nitrogens is 2. The highest BCUT2D eigenvalue weighted by Gasteiger charge is 2.15. The second kappa shape index (κ2) is 5.46. The van der Waals surface area contributed by atoms with Crippen molar-refractivity contribution in [1.29, 1.82) is 0 Å². The molecule has 5 heteroatoms. The Morgan fingerprint density at radius 1 is 1.44 bits per heavy atom. The first-order valence-corrected chi connectivity index (χ1v) is 6.03. The highest BCUT2D eigenvalue weighted by Crippen LogP contribution is 2.18. The Balaban J connectivity index is 1.94. The number of piperidine rings is 1. The molecule has 16 heavy (non-hydrogen) atoms. The van der Waals surface area contributed by atoms with E-state index in [0.29, 0.717) is 5.15 Å². The van der Waals surface area contributed by atoms with Gasteiger partial charge in [0.1, 0.15) is 17.3 Å². The van der Waals surface area contributed by atoms with Crippen LogP contribution >= 0.6 is 11.6 Å². The van der Waals surface area contributed by atoms with Crippen LogP contribution in [0.3, 0.4) is 0 Å². The van der Waals surface area contributed by atoms with Gasteiger partial charge < -0.3 is 10.2 Å². The zero-order valence-electron chi connectivity index (χ0n) is 9.49. The molecule has 1 N–H and O–H groups in total. The third kappa shape index (κ3) is 3.06. The molecule has 0 radical (unpaired) electrons. The molecule has 88 valence electrons. The molecule has 1 aliphatic rings. The van der Waals surface area contributed by atoms with Crippen molar-refractivity contribution in [1.82, 2.24) is 15.3 Å². The van der Waals surface area contributed by atoms with E-state index in [1.165, 1.54) is 19.2 Å². The predicted molar refractivity (Wildman–Crippen MR) is 65.9 cm³/mol. The summed E-state index contributed by atoms with van der Waals surface area (Å²) in [7, 11) is 2.06. The number of halogens is 1. The largest absolute Gasteiger partial charge is 0.359 e. The van der Waals surface area contributed by atoms with Crippen LogP contribution in [-0.4, -0.2) is 36.6 Å². The first kappa shape index (κ1) is 11.6. The summed E-state index contributed by atoms with van der Waals surface area (Å²) in [5.41, 5.74) is 0. The fourth-order valence-electron chi connectivity index (χ4n) is 2.08. The maximum atomic E-state index is 5.84. The lowest BCUT2D eigenvalue weighted by atomic mass is 9.98. The van der Waals surface area contributed by atoms with Gasteiger partial charge in [-0.25, -0.2) is 9.97 Å². The molecule has 4 nitrogen and oxygen atoms in total. The highest BCUT2D eigenvalue weighted by molar-refractivity contribution is 6.29. The van der Waals surface area contributed by atoms with Crippen LogP contribution in [-0.2, 0) is 0 Å². The number of nitrogens with zero attached hydrogens (tertiary/aromatic N) is 3. The molecule has 0 amide bonds. The second-order valence-electron chi connectivity index (χ2n) is 4.27. The Labute approximate surface area is 101 Å². The van der Waals surface area contributed by atoms with Crippen molar-refractivity contribution in [3.63, 3.8) is 0 Å². The van der Waals surface area contributed by atoms with Gasteiger partial charge in [-0.15, -0.1) is 0 Å². The van der Waals surface area contributed by atoms with Crippen molar-refractivity contribution < 1.29 is 0 Å². The van der Waals surface area contributed by atoms with Crippen molar-refractivity contribution >= 4 is 17.4 Å². The SMILES string of the molecule is CN(CC1CCNCC1)c1cc(Cl)ncn1. The third-order valence-corrected chi connectivity index (χ3v) is 3.21. The number of rotatable bonds is 3. The van der Waals surface area contributed by atoms with E-state index < -0.39 is 0 Å². The van der Waals surface area contributed by atoms with Crippen LogP contribution in [0.5, 0.6) is 0 Å². The molecule has 0 aromatic carbocycles. The molecule has 0 aliphatic carbocycles. The Hall–Kier alpha value is -0.870. The summed E-state index contributed by atoms with van der Waals surface area (Å²) in [5, 5.41) is 3.87. The summed E-state index contributed by atoms with van der Waals surface area (Å²) in [4.78, 5) is 10.3. The third-order valence-electron chi connectivity index (χ3n) is 3.00. The number of anilines is 1. The van der Waals surface area contributed by atoms with Gasteiger partial charge in [-0.05, 0) is 31.8 Å². The number of hydrogen-bond donors (Lipinski definition) is 1. The highest BCUT2D eigenvalue weighted by atomic mass is 35.5. The van der Waals surface area contributed by atoms with Crippen molar-refractivity contribution in [2.75, 3.05) is 31.6 Å². The van der Waals surface area contributed by atoms with E-state index in [4.69, 9.17) is 11.6 Å². The molecule has 1 fully saturated rings. The number of nitrogens with one attached hydrogen (secondary N) is 1. The average Bonchev–Trinajstić information content (AvgIpc) is 2.30. The smallest absolute Gasteiger partial charge is 0.134 e. The summed E-state index contributed by atoms with van der Waals surface area (Å²) in [5.74, 6) is 1.65. The summed E-state index contributed by atoms with van der Waals surface area (Å²) in [6, 6.07) is 1.81. The minimum atomic E-state index is 0.502. The normalized spacial score (nSPS) is 17.4. The fourth-order valence-corrected chi connectivity index (χ4v) is 2.22. The Morgan fingerprint density at radius 3 is 2.88 bits per heavy atom. The van der Waals surface area contributed by atoms with Gasteiger partial charge in [-0.2, -0.15) is 0 Å². The van der Waals surface area contributed by atoms with E-state index in [-0.39, 0.29) is 0 Å². The Bertz CT molecular complexity index is 339. The van der Waals surface area contributed by atoms with Crippen molar-refractivity contribution in [3.05, 3.63) is 17.5 Å². The first-order chi connectivity index (χ1) is 7.75. The molecular formula is C11H17ClN4. The van der Waals surface area contributed by atoms with Gasteiger partial charge in [0, 0.05) is 19.7 Å². The summed E-state index contributed by atoms with van der Waals surface area (Å²) in [6.07, 6.45) is 3.99. The molecule has 0 spiro atoms. The molecule has 2 heterocycles. The van der Waals surface area contributed by atoms with Crippen molar-refractivity contribution in [2.45, 2.75) is 12.8 Å². The average molecular weight is 241 g/mol. The molecule has 1 aromatic heterocycles. The first-order valence-electron chi connectivity index (χ1n) is 5.65. The fraction of sp³-hybridized carbons (Fsp3) is 0.636. The molecule has 0 bridgehead atoms. The molecule has 1 aromatic rings. The standard InChI is InChI=1S/C11H17ClN4/c1-16(7-9-2-4-13-5-3-9)11-6-10(12)14-8-15-11/h6,8-9,13H,2-5,7H2,1H3. The lowest BCUT2D eigenvalue weighted by Crippen LogP contribution is -2.34.